The number of rotatable bonds is 9. The Labute approximate surface area is 144 Å². The molecule has 0 amide bonds. The Bertz CT molecular complexity index is 404. The average Bonchev–Trinajstić information content (AvgIpc) is 2.57. The van der Waals surface area contributed by atoms with E-state index in [1.165, 1.54) is 18.4 Å². The second-order valence-electron chi connectivity index (χ2n) is 5.86. The average molecular weight is 320 g/mol. The second-order valence-corrected chi connectivity index (χ2v) is 5.86. The molecule has 0 spiro atoms. The van der Waals surface area contributed by atoms with E-state index in [0.717, 1.165) is 44.2 Å². The molecule has 2 nitrogen and oxygen atoms in total. The third-order valence-electron chi connectivity index (χ3n) is 4.04. The van der Waals surface area contributed by atoms with Crippen LogP contribution in [0.3, 0.4) is 0 Å². The molecule has 0 radical (unpaired) electrons. The molecule has 132 valence electrons. The molecule has 1 heterocycles. The minimum absolute atomic E-state index is 0.0128. The number of unbranched alkanes of at least 4 members (excludes halogenated alkanes) is 2. The number of nitrogens with zero attached hydrogens (tertiary/aromatic N) is 1. The van der Waals surface area contributed by atoms with Crippen molar-refractivity contribution in [2.24, 2.45) is 10.9 Å². The Morgan fingerprint density at radius 1 is 1.09 bits per heavy atom. The topological polar surface area (TPSA) is 29.4 Å². The molecule has 1 aliphatic rings. The first-order valence-electron chi connectivity index (χ1n) is 9.68. The maximum atomic E-state index is 12.3. The zero-order valence-corrected chi connectivity index (χ0v) is 16.0. The van der Waals surface area contributed by atoms with Crippen molar-refractivity contribution >= 4 is 12.0 Å². The monoisotopic (exact) mass is 319 g/mol. The van der Waals surface area contributed by atoms with E-state index in [1.807, 2.05) is 27.0 Å². The molecule has 0 aromatic heterocycles. The molecule has 0 N–H and O–H groups in total. The van der Waals surface area contributed by atoms with Crippen LogP contribution in [0.2, 0.25) is 0 Å². The van der Waals surface area contributed by atoms with E-state index in [9.17, 15) is 4.79 Å². The minimum Gasteiger partial charge on any atom is -0.299 e. The first-order chi connectivity index (χ1) is 11.2. The fourth-order valence-corrected chi connectivity index (χ4v) is 2.77. The van der Waals surface area contributed by atoms with Crippen molar-refractivity contribution in [2.45, 2.75) is 92.4 Å². The molecule has 0 saturated carbocycles. The van der Waals surface area contributed by atoms with Crippen molar-refractivity contribution in [3.63, 3.8) is 0 Å². The van der Waals surface area contributed by atoms with Gasteiger partial charge in [0.15, 0.2) is 0 Å². The van der Waals surface area contributed by atoms with Crippen LogP contribution in [-0.4, -0.2) is 12.0 Å². The van der Waals surface area contributed by atoms with Crippen molar-refractivity contribution in [2.75, 3.05) is 0 Å². The minimum atomic E-state index is 0.0128. The molecule has 2 heteroatoms. The van der Waals surface area contributed by atoms with E-state index in [2.05, 4.69) is 31.0 Å². The molecular weight excluding hydrogens is 282 g/mol. The molecule has 0 saturated heterocycles. The standard InChI is InChI=1S/C19H31NO.C2H6/c1-4-7-8-13-17(19(21)6-3)18-14-10-9-12-16(11-5-2)15-20-18;1-2/h12,14-15,17H,4-11,13H2,1-3H3;1-2H3/b16-12-,18-14+,20-15+;. The van der Waals surface area contributed by atoms with Gasteiger partial charge in [-0.05, 0) is 31.3 Å². The third kappa shape index (κ3) is 8.88. The molecule has 0 fully saturated rings. The van der Waals surface area contributed by atoms with Gasteiger partial charge in [0.1, 0.15) is 5.78 Å². The predicted octanol–water partition coefficient (Wildman–Crippen LogP) is 6.66. The van der Waals surface area contributed by atoms with Gasteiger partial charge in [-0.3, -0.25) is 9.79 Å². The predicted molar refractivity (Wildman–Crippen MR) is 103 cm³/mol. The molecule has 1 aliphatic heterocycles. The van der Waals surface area contributed by atoms with Crippen molar-refractivity contribution < 1.29 is 4.79 Å². The summed E-state index contributed by atoms with van der Waals surface area (Å²) < 4.78 is 0. The molecule has 23 heavy (non-hydrogen) atoms. The fourth-order valence-electron chi connectivity index (χ4n) is 2.77. The number of hydrogen-bond donors (Lipinski definition) is 0. The van der Waals surface area contributed by atoms with Crippen LogP contribution in [0.25, 0.3) is 0 Å². The number of ketones is 1. The summed E-state index contributed by atoms with van der Waals surface area (Å²) >= 11 is 0. The maximum Gasteiger partial charge on any atom is 0.141 e. The number of hydrogen-bond acceptors (Lipinski definition) is 2. The van der Waals surface area contributed by atoms with E-state index in [0.29, 0.717) is 12.2 Å². The zero-order chi connectivity index (χ0) is 17.5. The smallest absolute Gasteiger partial charge is 0.141 e. The number of allylic oxidation sites excluding steroid dienone is 4. The SMILES string of the molecule is CC.CCCCCC(C(=O)CC)C1=C/CC\C=C(CCC)/C=N/1. The first kappa shape index (κ1) is 21.8. The van der Waals surface area contributed by atoms with Crippen LogP contribution in [0.1, 0.15) is 92.4 Å². The van der Waals surface area contributed by atoms with Gasteiger partial charge in [-0.15, -0.1) is 0 Å². The molecular formula is C21H37NO. The molecule has 1 unspecified atom stereocenters. The van der Waals surface area contributed by atoms with Gasteiger partial charge in [0.05, 0.1) is 5.92 Å². The van der Waals surface area contributed by atoms with Crippen LogP contribution in [0.15, 0.2) is 28.4 Å². The van der Waals surface area contributed by atoms with E-state index in [1.54, 1.807) is 0 Å². The lowest BCUT2D eigenvalue weighted by molar-refractivity contribution is -0.121. The van der Waals surface area contributed by atoms with E-state index < -0.39 is 0 Å². The van der Waals surface area contributed by atoms with Crippen molar-refractivity contribution in [3.8, 4) is 0 Å². The van der Waals surface area contributed by atoms with Gasteiger partial charge in [0.2, 0.25) is 0 Å². The van der Waals surface area contributed by atoms with Gasteiger partial charge in [0, 0.05) is 18.3 Å². The van der Waals surface area contributed by atoms with Gasteiger partial charge in [0.25, 0.3) is 0 Å². The van der Waals surface area contributed by atoms with E-state index >= 15 is 0 Å². The van der Waals surface area contributed by atoms with Crippen molar-refractivity contribution in [3.05, 3.63) is 23.4 Å². The lowest BCUT2D eigenvalue weighted by Crippen LogP contribution is -2.16. The van der Waals surface area contributed by atoms with Gasteiger partial charge in [-0.25, -0.2) is 0 Å². The quantitative estimate of drug-likeness (QED) is 0.437. The van der Waals surface area contributed by atoms with E-state index in [4.69, 9.17) is 0 Å². The maximum absolute atomic E-state index is 12.3. The molecule has 1 rings (SSSR count). The number of aliphatic imine (C=N–C) groups is 1. The number of carbonyl (C=O) groups is 1. The van der Waals surface area contributed by atoms with Crippen LogP contribution in [0, 0.1) is 5.92 Å². The highest BCUT2D eigenvalue weighted by molar-refractivity contribution is 5.85. The van der Waals surface area contributed by atoms with Crippen LogP contribution < -0.4 is 0 Å². The molecule has 0 aliphatic carbocycles. The third-order valence-corrected chi connectivity index (χ3v) is 4.04. The summed E-state index contributed by atoms with van der Waals surface area (Å²) in [6, 6.07) is 0. The van der Waals surface area contributed by atoms with Gasteiger partial charge < -0.3 is 0 Å². The second kappa shape index (κ2) is 14.4. The summed E-state index contributed by atoms with van der Waals surface area (Å²) in [7, 11) is 0. The summed E-state index contributed by atoms with van der Waals surface area (Å²) in [5.74, 6) is 0.356. The molecule has 1 atom stereocenters. The Morgan fingerprint density at radius 3 is 2.39 bits per heavy atom. The Hall–Kier alpha value is -1.18. The van der Waals surface area contributed by atoms with Gasteiger partial charge >= 0.3 is 0 Å². The van der Waals surface area contributed by atoms with Crippen LogP contribution in [0.5, 0.6) is 0 Å². The Balaban J connectivity index is 0.00000232. The fraction of sp³-hybridized carbons (Fsp3) is 0.714. The van der Waals surface area contributed by atoms with Crippen LogP contribution >= 0.6 is 0 Å². The summed E-state index contributed by atoms with van der Waals surface area (Å²) in [6.07, 6.45) is 15.8. The molecule has 0 aromatic rings. The Kier molecular flexibility index (Phi) is 13.7. The summed E-state index contributed by atoms with van der Waals surface area (Å²) in [4.78, 5) is 17.0. The van der Waals surface area contributed by atoms with Crippen LogP contribution in [-0.2, 0) is 4.79 Å². The van der Waals surface area contributed by atoms with Crippen molar-refractivity contribution in [1.82, 2.24) is 0 Å². The highest BCUT2D eigenvalue weighted by Gasteiger charge is 2.20. The summed E-state index contributed by atoms with van der Waals surface area (Å²) in [5, 5.41) is 0. The largest absolute Gasteiger partial charge is 0.299 e. The summed E-state index contributed by atoms with van der Waals surface area (Å²) in [6.45, 7) is 10.4. The number of carbonyl (C=O) groups excluding carboxylic acids is 1. The van der Waals surface area contributed by atoms with Crippen LogP contribution in [0.4, 0.5) is 0 Å². The zero-order valence-electron chi connectivity index (χ0n) is 16.0. The highest BCUT2D eigenvalue weighted by Crippen LogP contribution is 2.25. The normalized spacial score (nSPS) is 21.4. The van der Waals surface area contributed by atoms with Gasteiger partial charge in [-0.1, -0.05) is 72.5 Å². The lowest BCUT2D eigenvalue weighted by atomic mass is 9.91. The highest BCUT2D eigenvalue weighted by atomic mass is 16.1. The summed E-state index contributed by atoms with van der Waals surface area (Å²) in [5.41, 5.74) is 2.33. The molecule has 0 aromatic carbocycles. The van der Waals surface area contributed by atoms with E-state index in [-0.39, 0.29) is 5.92 Å². The lowest BCUT2D eigenvalue weighted by Gasteiger charge is -2.17. The first-order valence-corrected chi connectivity index (χ1v) is 9.68. The number of Topliss-reactive ketones (excluding diaryl/α,β-unsaturated/α-hetero) is 1. The van der Waals surface area contributed by atoms with Gasteiger partial charge in [-0.2, -0.15) is 0 Å². The Morgan fingerprint density at radius 2 is 1.78 bits per heavy atom. The van der Waals surface area contributed by atoms with Crippen molar-refractivity contribution in [1.29, 1.82) is 0 Å². The molecule has 0 bridgehead atoms.